The maximum atomic E-state index is 11.9. The molecule has 0 radical (unpaired) electrons. The highest BCUT2D eigenvalue weighted by Crippen LogP contribution is 2.18. The molecular formula is C14H22N2O5. The molecule has 0 aliphatic carbocycles. The van der Waals surface area contributed by atoms with Crippen LogP contribution in [0.2, 0.25) is 0 Å². The van der Waals surface area contributed by atoms with Gasteiger partial charge in [0.2, 0.25) is 5.91 Å². The third kappa shape index (κ3) is 4.84. The lowest BCUT2D eigenvalue weighted by Crippen LogP contribution is -2.37. The van der Waals surface area contributed by atoms with Gasteiger partial charge in [0.1, 0.15) is 0 Å². The second kappa shape index (κ2) is 7.19. The van der Waals surface area contributed by atoms with Crippen LogP contribution in [0.3, 0.4) is 0 Å². The normalized spacial score (nSPS) is 17.9. The van der Waals surface area contributed by atoms with Crippen LogP contribution in [-0.2, 0) is 24.0 Å². The molecule has 3 amide bonds. The molecule has 1 heterocycles. The predicted octanol–water partition coefficient (Wildman–Crippen LogP) is 0.780. The molecule has 7 nitrogen and oxygen atoms in total. The van der Waals surface area contributed by atoms with Crippen LogP contribution in [0.1, 0.15) is 47.0 Å². The summed E-state index contributed by atoms with van der Waals surface area (Å²) in [6.07, 6.45) is 0.412. The van der Waals surface area contributed by atoms with E-state index in [1.165, 1.54) is 0 Å². The molecule has 7 heteroatoms. The molecule has 0 aromatic carbocycles. The molecule has 1 fully saturated rings. The molecule has 1 aliphatic rings. The molecule has 0 aromatic rings. The largest absolute Gasteiger partial charge is 0.354 e. The van der Waals surface area contributed by atoms with Gasteiger partial charge in [0.25, 0.3) is 11.8 Å². The van der Waals surface area contributed by atoms with E-state index < -0.39 is 23.7 Å². The van der Waals surface area contributed by atoms with Crippen molar-refractivity contribution in [1.29, 1.82) is 0 Å². The first kappa shape index (κ1) is 17.1. The fourth-order valence-electron chi connectivity index (χ4n) is 2.00. The van der Waals surface area contributed by atoms with E-state index in [0.29, 0.717) is 5.06 Å². The first-order valence-corrected chi connectivity index (χ1v) is 7.10. The van der Waals surface area contributed by atoms with Crippen molar-refractivity contribution >= 4 is 23.7 Å². The van der Waals surface area contributed by atoms with Crippen LogP contribution in [0.25, 0.3) is 0 Å². The Hall–Kier alpha value is -1.92. The summed E-state index contributed by atoms with van der Waals surface area (Å²) >= 11 is 0. The number of amides is 3. The van der Waals surface area contributed by atoms with Gasteiger partial charge in [-0.1, -0.05) is 13.8 Å². The number of hydroxylamine groups is 2. The van der Waals surface area contributed by atoms with Crippen molar-refractivity contribution in [1.82, 2.24) is 10.4 Å². The van der Waals surface area contributed by atoms with Crippen LogP contribution in [-0.4, -0.2) is 34.8 Å². The van der Waals surface area contributed by atoms with Crippen LogP contribution in [0.5, 0.6) is 0 Å². The summed E-state index contributed by atoms with van der Waals surface area (Å²) in [5.74, 6) is -2.78. The van der Waals surface area contributed by atoms with Gasteiger partial charge in [-0.3, -0.25) is 14.4 Å². The zero-order valence-corrected chi connectivity index (χ0v) is 12.8. The van der Waals surface area contributed by atoms with Gasteiger partial charge >= 0.3 is 5.97 Å². The first-order valence-electron chi connectivity index (χ1n) is 7.10. The average molecular weight is 298 g/mol. The maximum Gasteiger partial charge on any atom is 0.335 e. The highest BCUT2D eigenvalue weighted by Gasteiger charge is 2.34. The predicted molar refractivity (Wildman–Crippen MR) is 73.4 cm³/mol. The Balaban J connectivity index is 2.49. The minimum atomic E-state index is -0.678. The average Bonchev–Trinajstić information content (AvgIpc) is 2.69. The maximum absolute atomic E-state index is 11.9. The van der Waals surface area contributed by atoms with Crippen molar-refractivity contribution in [2.75, 3.05) is 0 Å². The zero-order chi connectivity index (χ0) is 16.2. The number of nitrogens with zero attached hydrogens (tertiary/aromatic N) is 1. The summed E-state index contributed by atoms with van der Waals surface area (Å²) in [5, 5.41) is 3.29. The second-order valence-electron chi connectivity index (χ2n) is 5.69. The lowest BCUT2D eigenvalue weighted by molar-refractivity contribution is -0.200. The van der Waals surface area contributed by atoms with Crippen molar-refractivity contribution < 1.29 is 24.0 Å². The van der Waals surface area contributed by atoms with E-state index in [1.54, 1.807) is 13.8 Å². The molecular weight excluding hydrogens is 276 g/mol. The molecule has 2 unspecified atom stereocenters. The first-order chi connectivity index (χ1) is 9.72. The smallest absolute Gasteiger partial charge is 0.335 e. The Morgan fingerprint density at radius 3 is 2.10 bits per heavy atom. The Morgan fingerprint density at radius 2 is 1.62 bits per heavy atom. The van der Waals surface area contributed by atoms with Crippen LogP contribution >= 0.6 is 0 Å². The number of carbonyl (C=O) groups is 4. The molecule has 0 bridgehead atoms. The highest BCUT2D eigenvalue weighted by atomic mass is 16.7. The Labute approximate surface area is 124 Å². The van der Waals surface area contributed by atoms with Crippen LogP contribution < -0.4 is 5.32 Å². The van der Waals surface area contributed by atoms with Crippen molar-refractivity contribution in [2.24, 2.45) is 11.8 Å². The molecule has 1 aliphatic heterocycles. The SMILES string of the molecule is CC(C)NC(=O)C(C)CC(C)C(=O)ON1C(=O)CCC1=O. The minimum Gasteiger partial charge on any atom is -0.354 e. The van der Waals surface area contributed by atoms with Crippen LogP contribution in [0.15, 0.2) is 0 Å². The molecule has 118 valence electrons. The molecule has 21 heavy (non-hydrogen) atoms. The van der Waals surface area contributed by atoms with Gasteiger partial charge < -0.3 is 10.2 Å². The zero-order valence-electron chi connectivity index (χ0n) is 12.8. The Morgan fingerprint density at radius 1 is 1.10 bits per heavy atom. The molecule has 1 rings (SSSR count). The summed E-state index contributed by atoms with van der Waals surface area (Å²) in [5.41, 5.74) is 0. The Bertz CT molecular complexity index is 431. The van der Waals surface area contributed by atoms with Gasteiger partial charge in [-0.05, 0) is 20.3 Å². The van der Waals surface area contributed by atoms with Crippen molar-refractivity contribution in [2.45, 2.75) is 53.0 Å². The third-order valence-corrected chi connectivity index (χ3v) is 3.18. The third-order valence-electron chi connectivity index (χ3n) is 3.18. The minimum absolute atomic E-state index is 0.0297. The summed E-state index contributed by atoms with van der Waals surface area (Å²) in [6.45, 7) is 7.03. The molecule has 2 atom stereocenters. The monoisotopic (exact) mass is 298 g/mol. The number of carbonyl (C=O) groups excluding carboxylic acids is 4. The quantitative estimate of drug-likeness (QED) is 0.731. The van der Waals surface area contributed by atoms with E-state index in [0.717, 1.165) is 0 Å². The van der Waals surface area contributed by atoms with Gasteiger partial charge in [0.15, 0.2) is 0 Å². The number of hydrogen-bond donors (Lipinski definition) is 1. The molecule has 0 saturated carbocycles. The van der Waals surface area contributed by atoms with E-state index in [9.17, 15) is 19.2 Å². The molecule has 0 spiro atoms. The molecule has 1 saturated heterocycles. The standard InChI is InChI=1S/C14H22N2O5/c1-8(2)15-13(19)9(3)7-10(4)14(20)21-16-11(17)5-6-12(16)18/h8-10H,5-7H2,1-4H3,(H,15,19). The van der Waals surface area contributed by atoms with Crippen LogP contribution in [0, 0.1) is 11.8 Å². The fourth-order valence-corrected chi connectivity index (χ4v) is 2.00. The molecule has 0 aromatic heterocycles. The lowest BCUT2D eigenvalue weighted by atomic mass is 9.96. The number of rotatable bonds is 6. The highest BCUT2D eigenvalue weighted by molar-refractivity contribution is 6.01. The number of hydrogen-bond acceptors (Lipinski definition) is 5. The van der Waals surface area contributed by atoms with Gasteiger partial charge in [0.05, 0.1) is 5.92 Å². The second-order valence-corrected chi connectivity index (χ2v) is 5.69. The lowest BCUT2D eigenvalue weighted by Gasteiger charge is -2.19. The Kier molecular flexibility index (Phi) is 5.87. The number of nitrogens with one attached hydrogen (secondary N) is 1. The van der Waals surface area contributed by atoms with E-state index in [-0.39, 0.29) is 37.1 Å². The van der Waals surface area contributed by atoms with E-state index in [1.807, 2.05) is 13.8 Å². The summed E-state index contributed by atoms with van der Waals surface area (Å²) in [7, 11) is 0. The van der Waals surface area contributed by atoms with Crippen molar-refractivity contribution in [3.8, 4) is 0 Å². The fraction of sp³-hybridized carbons (Fsp3) is 0.714. The van der Waals surface area contributed by atoms with Crippen molar-refractivity contribution in [3.63, 3.8) is 0 Å². The van der Waals surface area contributed by atoms with Gasteiger partial charge in [-0.2, -0.15) is 0 Å². The topological polar surface area (TPSA) is 92.8 Å². The summed E-state index contributed by atoms with van der Waals surface area (Å²) in [4.78, 5) is 51.2. The van der Waals surface area contributed by atoms with Gasteiger partial charge in [-0.15, -0.1) is 5.06 Å². The van der Waals surface area contributed by atoms with Crippen LogP contribution in [0.4, 0.5) is 0 Å². The number of imide groups is 1. The van der Waals surface area contributed by atoms with Gasteiger partial charge in [-0.25, -0.2) is 4.79 Å². The summed E-state index contributed by atoms with van der Waals surface area (Å²) in [6, 6.07) is 0.0297. The van der Waals surface area contributed by atoms with E-state index in [4.69, 9.17) is 4.84 Å². The summed E-state index contributed by atoms with van der Waals surface area (Å²) < 4.78 is 0. The van der Waals surface area contributed by atoms with E-state index in [2.05, 4.69) is 5.32 Å². The van der Waals surface area contributed by atoms with E-state index >= 15 is 0 Å². The van der Waals surface area contributed by atoms with Gasteiger partial charge in [0, 0.05) is 24.8 Å². The molecule has 1 N–H and O–H groups in total. The van der Waals surface area contributed by atoms with Crippen molar-refractivity contribution in [3.05, 3.63) is 0 Å².